The fraction of sp³-hybridized carbons (Fsp3) is 0.250. The van der Waals surface area contributed by atoms with E-state index in [2.05, 4.69) is 10.3 Å². The fourth-order valence-electron chi connectivity index (χ4n) is 1.96. The summed E-state index contributed by atoms with van der Waals surface area (Å²) in [7, 11) is 1.83. The molecule has 21 heavy (non-hydrogen) atoms. The molecular formula is C16H16FN3O. The molecule has 5 heteroatoms. The van der Waals surface area contributed by atoms with Gasteiger partial charge in [0.2, 0.25) is 0 Å². The molecule has 1 aromatic heterocycles. The smallest absolute Gasteiger partial charge is 0.147 e. The van der Waals surface area contributed by atoms with Gasteiger partial charge in [-0.15, -0.1) is 0 Å². The van der Waals surface area contributed by atoms with E-state index in [-0.39, 0.29) is 18.5 Å². The van der Waals surface area contributed by atoms with Gasteiger partial charge in [0.15, 0.2) is 0 Å². The van der Waals surface area contributed by atoms with Crippen LogP contribution in [0.25, 0.3) is 0 Å². The van der Waals surface area contributed by atoms with Crippen LogP contribution >= 0.6 is 0 Å². The van der Waals surface area contributed by atoms with Gasteiger partial charge in [-0.2, -0.15) is 5.26 Å². The van der Waals surface area contributed by atoms with Crippen LogP contribution in [0.4, 0.5) is 4.39 Å². The van der Waals surface area contributed by atoms with Gasteiger partial charge >= 0.3 is 0 Å². The molecule has 108 valence electrons. The number of halogens is 1. The van der Waals surface area contributed by atoms with E-state index < -0.39 is 0 Å². The number of hydrogen-bond donors (Lipinski definition) is 1. The molecule has 0 fully saturated rings. The van der Waals surface area contributed by atoms with Crippen molar-refractivity contribution >= 4 is 0 Å². The maximum atomic E-state index is 13.4. The lowest BCUT2D eigenvalue weighted by Crippen LogP contribution is -2.14. The van der Waals surface area contributed by atoms with Crippen molar-refractivity contribution in [1.82, 2.24) is 10.3 Å². The Morgan fingerprint density at radius 3 is 2.95 bits per heavy atom. The molecule has 0 aliphatic carbocycles. The standard InChI is InChI=1S/C16H16FN3O/c1-11(19-2)14-6-5-13(17)8-16(14)21-10-12-4-3-7-20-15(12)9-18/h3-8,11,19H,10H2,1-2H3. The predicted molar refractivity (Wildman–Crippen MR) is 77.2 cm³/mol. The molecule has 0 spiro atoms. The Kier molecular flexibility index (Phi) is 4.85. The Morgan fingerprint density at radius 1 is 1.43 bits per heavy atom. The first kappa shape index (κ1) is 14.9. The minimum absolute atomic E-state index is 0.0323. The van der Waals surface area contributed by atoms with Crippen molar-refractivity contribution < 1.29 is 9.13 Å². The van der Waals surface area contributed by atoms with E-state index in [0.29, 0.717) is 17.0 Å². The largest absolute Gasteiger partial charge is 0.488 e. The molecule has 1 unspecified atom stereocenters. The number of nitrogens with zero attached hydrogens (tertiary/aromatic N) is 2. The van der Waals surface area contributed by atoms with E-state index >= 15 is 0 Å². The summed E-state index contributed by atoms with van der Waals surface area (Å²) in [6, 6.07) is 10.0. The van der Waals surface area contributed by atoms with Gasteiger partial charge in [0, 0.05) is 29.4 Å². The highest BCUT2D eigenvalue weighted by Gasteiger charge is 2.12. The minimum Gasteiger partial charge on any atom is -0.488 e. The van der Waals surface area contributed by atoms with Crippen molar-refractivity contribution in [2.24, 2.45) is 0 Å². The Bertz CT molecular complexity index is 667. The number of rotatable bonds is 5. The second kappa shape index (κ2) is 6.82. The van der Waals surface area contributed by atoms with Gasteiger partial charge in [-0.25, -0.2) is 9.37 Å². The molecule has 2 rings (SSSR count). The summed E-state index contributed by atoms with van der Waals surface area (Å²) in [4.78, 5) is 3.97. The lowest BCUT2D eigenvalue weighted by atomic mass is 10.1. The fourth-order valence-corrected chi connectivity index (χ4v) is 1.96. The quantitative estimate of drug-likeness (QED) is 0.917. The number of nitrogens with one attached hydrogen (secondary N) is 1. The van der Waals surface area contributed by atoms with Crippen molar-refractivity contribution in [3.05, 3.63) is 59.2 Å². The Hall–Kier alpha value is -2.45. The monoisotopic (exact) mass is 285 g/mol. The molecule has 0 amide bonds. The van der Waals surface area contributed by atoms with Gasteiger partial charge in [0.05, 0.1) is 0 Å². The van der Waals surface area contributed by atoms with Crippen LogP contribution < -0.4 is 10.1 Å². The van der Waals surface area contributed by atoms with Gasteiger partial charge in [-0.1, -0.05) is 12.1 Å². The normalized spacial score (nSPS) is 11.7. The molecule has 1 N–H and O–H groups in total. The van der Waals surface area contributed by atoms with Crippen molar-refractivity contribution in [2.45, 2.75) is 19.6 Å². The predicted octanol–water partition coefficient (Wildman–Crippen LogP) is 2.95. The third-order valence-corrected chi connectivity index (χ3v) is 3.26. The zero-order valence-corrected chi connectivity index (χ0v) is 11.9. The third-order valence-electron chi connectivity index (χ3n) is 3.26. The van der Waals surface area contributed by atoms with Crippen LogP contribution in [0.5, 0.6) is 5.75 Å². The maximum absolute atomic E-state index is 13.4. The third kappa shape index (κ3) is 3.56. The molecule has 0 saturated heterocycles. The highest BCUT2D eigenvalue weighted by atomic mass is 19.1. The molecule has 0 aliphatic rings. The highest BCUT2D eigenvalue weighted by molar-refractivity contribution is 5.37. The molecule has 0 saturated carbocycles. The van der Waals surface area contributed by atoms with Crippen LogP contribution in [0.15, 0.2) is 36.5 Å². The summed E-state index contributed by atoms with van der Waals surface area (Å²) in [5, 5.41) is 12.1. The molecule has 0 bridgehead atoms. The summed E-state index contributed by atoms with van der Waals surface area (Å²) >= 11 is 0. The Balaban J connectivity index is 2.23. The Morgan fingerprint density at radius 2 is 2.24 bits per heavy atom. The van der Waals surface area contributed by atoms with Crippen molar-refractivity contribution in [2.75, 3.05) is 7.05 Å². The van der Waals surface area contributed by atoms with Gasteiger partial charge in [-0.05, 0) is 26.1 Å². The number of benzene rings is 1. The first-order valence-corrected chi connectivity index (χ1v) is 6.59. The number of ether oxygens (including phenoxy) is 1. The molecule has 1 heterocycles. The Labute approximate surface area is 123 Å². The zero-order chi connectivity index (χ0) is 15.2. The van der Waals surface area contributed by atoms with Gasteiger partial charge in [0.25, 0.3) is 0 Å². The highest BCUT2D eigenvalue weighted by Crippen LogP contribution is 2.27. The molecule has 1 aromatic carbocycles. The van der Waals surface area contributed by atoms with Crippen molar-refractivity contribution in [3.63, 3.8) is 0 Å². The maximum Gasteiger partial charge on any atom is 0.147 e. The van der Waals surface area contributed by atoms with Crippen LogP contribution in [0, 0.1) is 17.1 Å². The topological polar surface area (TPSA) is 57.9 Å². The summed E-state index contributed by atoms with van der Waals surface area (Å²) in [5.74, 6) is 0.105. The zero-order valence-electron chi connectivity index (χ0n) is 11.9. The van der Waals surface area contributed by atoms with Crippen LogP contribution in [-0.2, 0) is 6.61 Å². The van der Waals surface area contributed by atoms with Crippen LogP contribution in [-0.4, -0.2) is 12.0 Å². The second-order valence-corrected chi connectivity index (χ2v) is 4.60. The lowest BCUT2D eigenvalue weighted by Gasteiger charge is -2.16. The molecule has 0 aliphatic heterocycles. The van der Waals surface area contributed by atoms with E-state index in [9.17, 15) is 4.39 Å². The summed E-state index contributed by atoms with van der Waals surface area (Å²) in [6.45, 7) is 2.13. The summed E-state index contributed by atoms with van der Waals surface area (Å²) in [6.07, 6.45) is 1.55. The van der Waals surface area contributed by atoms with E-state index in [1.165, 1.54) is 12.1 Å². The molecular weight excluding hydrogens is 269 g/mol. The lowest BCUT2D eigenvalue weighted by molar-refractivity contribution is 0.298. The average Bonchev–Trinajstić information content (AvgIpc) is 2.52. The van der Waals surface area contributed by atoms with Crippen LogP contribution in [0.1, 0.15) is 29.8 Å². The van der Waals surface area contributed by atoms with Gasteiger partial charge in [-0.3, -0.25) is 0 Å². The SMILES string of the molecule is CNC(C)c1ccc(F)cc1OCc1cccnc1C#N. The van der Waals surface area contributed by atoms with Gasteiger partial charge < -0.3 is 10.1 Å². The van der Waals surface area contributed by atoms with E-state index in [1.807, 2.05) is 20.0 Å². The number of pyridine rings is 1. The molecule has 2 aromatic rings. The van der Waals surface area contributed by atoms with Crippen LogP contribution in [0.2, 0.25) is 0 Å². The average molecular weight is 285 g/mol. The number of aromatic nitrogens is 1. The number of nitriles is 1. The van der Waals surface area contributed by atoms with E-state index in [1.54, 1.807) is 24.4 Å². The van der Waals surface area contributed by atoms with E-state index in [0.717, 1.165) is 5.56 Å². The second-order valence-electron chi connectivity index (χ2n) is 4.60. The van der Waals surface area contributed by atoms with Crippen molar-refractivity contribution in [3.8, 4) is 11.8 Å². The van der Waals surface area contributed by atoms with Crippen molar-refractivity contribution in [1.29, 1.82) is 5.26 Å². The van der Waals surface area contributed by atoms with Gasteiger partial charge in [0.1, 0.15) is 29.9 Å². The number of hydrogen-bond acceptors (Lipinski definition) is 4. The molecule has 0 radical (unpaired) electrons. The van der Waals surface area contributed by atoms with Crippen LogP contribution in [0.3, 0.4) is 0 Å². The first-order valence-electron chi connectivity index (χ1n) is 6.59. The first-order chi connectivity index (χ1) is 10.2. The summed E-state index contributed by atoms with van der Waals surface area (Å²) < 4.78 is 19.1. The summed E-state index contributed by atoms with van der Waals surface area (Å²) in [5.41, 5.74) is 1.85. The molecule has 1 atom stereocenters. The molecule has 4 nitrogen and oxygen atoms in total. The van der Waals surface area contributed by atoms with E-state index in [4.69, 9.17) is 10.00 Å². The minimum atomic E-state index is -0.358.